The summed E-state index contributed by atoms with van der Waals surface area (Å²) in [5.41, 5.74) is 0.697. The molecule has 0 aromatic carbocycles. The number of hydrogen-bond acceptors (Lipinski definition) is 5. The maximum Gasteiger partial charge on any atom is 0.252 e. The molecule has 0 atom stereocenters. The molecule has 2 rings (SSSR count). The molecule has 0 aliphatic carbocycles. The normalized spacial score (nSPS) is 9.92. The van der Waals surface area contributed by atoms with Crippen LogP contribution < -0.4 is 4.74 Å². The van der Waals surface area contributed by atoms with Crippen molar-refractivity contribution in [3.8, 4) is 17.3 Å². The monoisotopic (exact) mass is 177 g/mol. The Morgan fingerprint density at radius 2 is 2.38 bits per heavy atom. The molecule has 0 saturated carbocycles. The molecule has 5 heteroatoms. The third kappa shape index (κ3) is 1.35. The van der Waals surface area contributed by atoms with Crippen LogP contribution in [0.25, 0.3) is 11.5 Å². The molecule has 0 amide bonds. The second-order valence-electron chi connectivity index (χ2n) is 2.30. The van der Waals surface area contributed by atoms with E-state index < -0.39 is 0 Å². The van der Waals surface area contributed by atoms with Crippen molar-refractivity contribution in [1.29, 1.82) is 0 Å². The van der Waals surface area contributed by atoms with Gasteiger partial charge < -0.3 is 9.15 Å². The van der Waals surface area contributed by atoms with Gasteiger partial charge >= 0.3 is 0 Å². The minimum Gasteiger partial charge on any atom is -0.480 e. The van der Waals surface area contributed by atoms with Gasteiger partial charge in [-0.2, -0.15) is 0 Å². The van der Waals surface area contributed by atoms with E-state index in [1.165, 1.54) is 6.39 Å². The fourth-order valence-corrected chi connectivity index (χ4v) is 1.01. The van der Waals surface area contributed by atoms with Crippen molar-refractivity contribution in [2.75, 3.05) is 7.11 Å². The fourth-order valence-electron chi connectivity index (χ4n) is 1.01. The second kappa shape index (κ2) is 3.22. The summed E-state index contributed by atoms with van der Waals surface area (Å²) in [5, 5.41) is 7.33. The zero-order chi connectivity index (χ0) is 9.10. The Morgan fingerprint density at radius 3 is 3.08 bits per heavy atom. The highest BCUT2D eigenvalue weighted by atomic mass is 16.5. The molecule has 2 aromatic rings. The van der Waals surface area contributed by atoms with Gasteiger partial charge in [0.2, 0.25) is 12.3 Å². The molecule has 2 heterocycles. The molecule has 2 aromatic heterocycles. The largest absolute Gasteiger partial charge is 0.480 e. The van der Waals surface area contributed by atoms with E-state index in [9.17, 15) is 0 Å². The highest BCUT2D eigenvalue weighted by molar-refractivity contribution is 5.58. The van der Waals surface area contributed by atoms with Crippen LogP contribution in [0.2, 0.25) is 0 Å². The summed E-state index contributed by atoms with van der Waals surface area (Å²) in [6.07, 6.45) is 2.90. The topological polar surface area (TPSA) is 61.0 Å². The number of hydrogen-bond donors (Lipinski definition) is 0. The van der Waals surface area contributed by atoms with E-state index in [2.05, 4.69) is 15.2 Å². The summed E-state index contributed by atoms with van der Waals surface area (Å²) in [5.74, 6) is 0.886. The molecular weight excluding hydrogens is 170 g/mol. The Hall–Kier alpha value is -1.91. The molecule has 66 valence electrons. The van der Waals surface area contributed by atoms with Gasteiger partial charge in [0.1, 0.15) is 5.56 Å². The van der Waals surface area contributed by atoms with Crippen LogP contribution in [0.15, 0.2) is 29.1 Å². The summed E-state index contributed by atoms with van der Waals surface area (Å²) in [4.78, 5) is 4.00. The summed E-state index contributed by atoms with van der Waals surface area (Å²) in [6.45, 7) is 0. The van der Waals surface area contributed by atoms with Crippen LogP contribution in [0.5, 0.6) is 5.88 Å². The quantitative estimate of drug-likeness (QED) is 0.688. The molecule has 0 radical (unpaired) electrons. The molecule has 13 heavy (non-hydrogen) atoms. The minimum atomic E-state index is 0.407. The lowest BCUT2D eigenvalue weighted by Gasteiger charge is -2.01. The summed E-state index contributed by atoms with van der Waals surface area (Å²) in [6, 6.07) is 3.58. The van der Waals surface area contributed by atoms with Crippen molar-refractivity contribution >= 4 is 0 Å². The van der Waals surface area contributed by atoms with E-state index in [1.807, 2.05) is 0 Å². The molecule has 0 saturated heterocycles. The maximum absolute atomic E-state index is 5.03. The molecule has 0 fully saturated rings. The van der Waals surface area contributed by atoms with Gasteiger partial charge in [0, 0.05) is 6.20 Å². The summed E-state index contributed by atoms with van der Waals surface area (Å²) in [7, 11) is 1.54. The van der Waals surface area contributed by atoms with Gasteiger partial charge in [0.25, 0.3) is 5.89 Å². The van der Waals surface area contributed by atoms with E-state index in [0.29, 0.717) is 17.3 Å². The number of aromatic nitrogens is 3. The van der Waals surface area contributed by atoms with Crippen molar-refractivity contribution in [3.63, 3.8) is 0 Å². The van der Waals surface area contributed by atoms with Crippen LogP contribution in [-0.4, -0.2) is 22.3 Å². The molecule has 0 aliphatic heterocycles. The number of pyridine rings is 1. The SMILES string of the molecule is COc1ncccc1-c1nnco1. The van der Waals surface area contributed by atoms with Gasteiger partial charge in [-0.15, -0.1) is 10.2 Å². The average Bonchev–Trinajstić information content (AvgIpc) is 2.70. The summed E-state index contributed by atoms with van der Waals surface area (Å²) >= 11 is 0. The van der Waals surface area contributed by atoms with E-state index in [4.69, 9.17) is 9.15 Å². The second-order valence-corrected chi connectivity index (χ2v) is 2.30. The Labute approximate surface area is 74.4 Å². The van der Waals surface area contributed by atoms with Crippen molar-refractivity contribution in [3.05, 3.63) is 24.7 Å². The number of rotatable bonds is 2. The highest BCUT2D eigenvalue weighted by Gasteiger charge is 2.09. The van der Waals surface area contributed by atoms with Crippen molar-refractivity contribution < 1.29 is 9.15 Å². The zero-order valence-corrected chi connectivity index (χ0v) is 6.97. The Morgan fingerprint density at radius 1 is 1.46 bits per heavy atom. The van der Waals surface area contributed by atoms with Crippen molar-refractivity contribution in [2.24, 2.45) is 0 Å². The van der Waals surface area contributed by atoms with Crippen LogP contribution in [0.4, 0.5) is 0 Å². The first-order chi connectivity index (χ1) is 6.42. The van der Waals surface area contributed by atoms with Gasteiger partial charge in [-0.3, -0.25) is 0 Å². The van der Waals surface area contributed by atoms with Crippen LogP contribution in [0, 0.1) is 0 Å². The van der Waals surface area contributed by atoms with Crippen molar-refractivity contribution in [1.82, 2.24) is 15.2 Å². The molecule has 0 N–H and O–H groups in total. The molecular formula is C8H7N3O2. The molecule has 0 unspecified atom stereocenters. The number of ether oxygens (including phenoxy) is 1. The van der Waals surface area contributed by atoms with Gasteiger partial charge in [-0.1, -0.05) is 0 Å². The predicted octanol–water partition coefficient (Wildman–Crippen LogP) is 1.14. The third-order valence-corrected chi connectivity index (χ3v) is 1.55. The summed E-state index contributed by atoms with van der Waals surface area (Å²) < 4.78 is 10.1. The Balaban J connectivity index is 2.51. The van der Waals surface area contributed by atoms with E-state index in [-0.39, 0.29) is 0 Å². The lowest BCUT2D eigenvalue weighted by Crippen LogP contribution is -1.90. The first-order valence-electron chi connectivity index (χ1n) is 3.67. The highest BCUT2D eigenvalue weighted by Crippen LogP contribution is 2.24. The van der Waals surface area contributed by atoms with E-state index in [1.54, 1.807) is 25.4 Å². The number of methoxy groups -OCH3 is 1. The Bertz CT molecular complexity index is 386. The van der Waals surface area contributed by atoms with E-state index >= 15 is 0 Å². The smallest absolute Gasteiger partial charge is 0.252 e. The zero-order valence-electron chi connectivity index (χ0n) is 6.97. The van der Waals surface area contributed by atoms with Crippen LogP contribution >= 0.6 is 0 Å². The van der Waals surface area contributed by atoms with E-state index in [0.717, 1.165) is 0 Å². The lowest BCUT2D eigenvalue weighted by molar-refractivity contribution is 0.397. The fraction of sp³-hybridized carbons (Fsp3) is 0.125. The van der Waals surface area contributed by atoms with Crippen molar-refractivity contribution in [2.45, 2.75) is 0 Å². The van der Waals surface area contributed by atoms with Crippen LogP contribution in [-0.2, 0) is 0 Å². The Kier molecular flexibility index (Phi) is 1.91. The lowest BCUT2D eigenvalue weighted by atomic mass is 10.3. The first kappa shape index (κ1) is 7.72. The first-order valence-corrected chi connectivity index (χ1v) is 3.67. The average molecular weight is 177 g/mol. The third-order valence-electron chi connectivity index (χ3n) is 1.55. The van der Waals surface area contributed by atoms with Crippen LogP contribution in [0.1, 0.15) is 0 Å². The number of nitrogens with zero attached hydrogens (tertiary/aromatic N) is 3. The van der Waals surface area contributed by atoms with Crippen LogP contribution in [0.3, 0.4) is 0 Å². The van der Waals surface area contributed by atoms with Gasteiger partial charge in [-0.05, 0) is 12.1 Å². The molecule has 0 spiro atoms. The molecule has 0 aliphatic rings. The predicted molar refractivity (Wildman–Crippen MR) is 44.1 cm³/mol. The minimum absolute atomic E-state index is 0.407. The maximum atomic E-state index is 5.03. The van der Waals surface area contributed by atoms with Gasteiger partial charge in [0.05, 0.1) is 7.11 Å². The standard InChI is InChI=1S/C8H7N3O2/c1-12-7-6(3-2-4-9-7)8-11-10-5-13-8/h2-5H,1H3. The van der Waals surface area contributed by atoms with Gasteiger partial charge in [-0.25, -0.2) is 4.98 Å². The molecule has 0 bridgehead atoms. The van der Waals surface area contributed by atoms with Gasteiger partial charge in [0.15, 0.2) is 0 Å². The molecule has 5 nitrogen and oxygen atoms in total.